The Morgan fingerprint density at radius 3 is 2.32 bits per heavy atom. The van der Waals surface area contributed by atoms with Gasteiger partial charge in [-0.3, -0.25) is 14.5 Å². The van der Waals surface area contributed by atoms with E-state index < -0.39 is 0 Å². The third kappa shape index (κ3) is 3.02. The lowest BCUT2D eigenvalue weighted by Gasteiger charge is -2.15. The van der Waals surface area contributed by atoms with Crippen molar-refractivity contribution in [3.63, 3.8) is 0 Å². The number of hydrogen-bond donors (Lipinski definition) is 1. The topological polar surface area (TPSA) is 49.4 Å². The molecule has 0 aliphatic carbocycles. The first-order valence-corrected chi connectivity index (χ1v) is 7.15. The first kappa shape index (κ1) is 14.4. The number of rotatable bonds is 4. The molecule has 0 unspecified atom stereocenters. The Balaban J connectivity index is 1.73. The molecule has 0 fully saturated rings. The maximum atomic E-state index is 12.3. The third-order valence-electron chi connectivity index (χ3n) is 3.32. The molecule has 0 spiro atoms. The monoisotopic (exact) mass is 312 g/mol. The maximum Gasteiger partial charge on any atom is 0.277 e. The number of nitrogens with one attached hydrogen (secondary N) is 1. The second-order valence-corrected chi connectivity index (χ2v) is 5.34. The summed E-state index contributed by atoms with van der Waals surface area (Å²) in [7, 11) is 0. The lowest BCUT2D eigenvalue weighted by molar-refractivity contribution is -0.137. The van der Waals surface area contributed by atoms with Crippen molar-refractivity contribution >= 4 is 29.1 Å². The van der Waals surface area contributed by atoms with Gasteiger partial charge < -0.3 is 5.32 Å². The first-order valence-electron chi connectivity index (χ1n) is 6.77. The fraction of sp³-hybridized carbons (Fsp3) is 0.0588. The SMILES string of the molecule is O=C1C=C(Nc2ccc(Cl)cc2)C(=O)N1Cc1ccccc1. The molecule has 2 aromatic rings. The summed E-state index contributed by atoms with van der Waals surface area (Å²) in [6, 6.07) is 16.3. The summed E-state index contributed by atoms with van der Waals surface area (Å²) in [5, 5.41) is 3.56. The largest absolute Gasteiger partial charge is 0.351 e. The van der Waals surface area contributed by atoms with Crippen molar-refractivity contribution in [1.29, 1.82) is 0 Å². The Kier molecular flexibility index (Phi) is 3.94. The number of halogens is 1. The number of carbonyl (C=O) groups excluding carboxylic acids is 2. The molecule has 3 rings (SSSR count). The van der Waals surface area contributed by atoms with Gasteiger partial charge in [0, 0.05) is 16.8 Å². The van der Waals surface area contributed by atoms with Gasteiger partial charge in [0.1, 0.15) is 5.70 Å². The zero-order valence-electron chi connectivity index (χ0n) is 11.6. The molecule has 2 aromatic carbocycles. The fourth-order valence-corrected chi connectivity index (χ4v) is 2.33. The van der Waals surface area contributed by atoms with Crippen LogP contribution in [0.3, 0.4) is 0 Å². The Morgan fingerprint density at radius 2 is 1.64 bits per heavy atom. The minimum absolute atomic E-state index is 0.265. The average Bonchev–Trinajstić information content (AvgIpc) is 2.78. The molecule has 1 N–H and O–H groups in total. The van der Waals surface area contributed by atoms with Crippen LogP contribution in [0, 0.1) is 0 Å². The minimum Gasteiger partial charge on any atom is -0.351 e. The van der Waals surface area contributed by atoms with E-state index in [-0.39, 0.29) is 24.1 Å². The molecular formula is C17H13ClN2O2. The van der Waals surface area contributed by atoms with Crippen molar-refractivity contribution in [2.24, 2.45) is 0 Å². The highest BCUT2D eigenvalue weighted by molar-refractivity contribution is 6.30. The molecule has 0 radical (unpaired) electrons. The van der Waals surface area contributed by atoms with Gasteiger partial charge in [-0.2, -0.15) is 0 Å². The van der Waals surface area contributed by atoms with Gasteiger partial charge in [0.15, 0.2) is 0 Å². The van der Waals surface area contributed by atoms with E-state index in [1.54, 1.807) is 24.3 Å². The van der Waals surface area contributed by atoms with Gasteiger partial charge in [0.05, 0.1) is 6.54 Å². The summed E-state index contributed by atoms with van der Waals surface area (Å²) in [5.74, 6) is -0.644. The molecule has 0 saturated carbocycles. The Labute approximate surface area is 133 Å². The second kappa shape index (κ2) is 6.03. The molecule has 1 aliphatic rings. The smallest absolute Gasteiger partial charge is 0.277 e. The van der Waals surface area contributed by atoms with Gasteiger partial charge in [0.25, 0.3) is 11.8 Å². The lowest BCUT2D eigenvalue weighted by atomic mass is 10.2. The van der Waals surface area contributed by atoms with Gasteiger partial charge in [0.2, 0.25) is 0 Å². The Bertz CT molecular complexity index is 739. The predicted molar refractivity (Wildman–Crippen MR) is 85.2 cm³/mol. The van der Waals surface area contributed by atoms with Crippen molar-refractivity contribution in [3.8, 4) is 0 Å². The summed E-state index contributed by atoms with van der Waals surface area (Å²) >= 11 is 5.82. The summed E-state index contributed by atoms with van der Waals surface area (Å²) in [6.07, 6.45) is 1.32. The molecule has 0 atom stereocenters. The summed E-state index contributed by atoms with van der Waals surface area (Å²) in [5.41, 5.74) is 1.88. The van der Waals surface area contributed by atoms with E-state index in [4.69, 9.17) is 11.6 Å². The van der Waals surface area contributed by atoms with E-state index in [0.29, 0.717) is 10.7 Å². The van der Waals surface area contributed by atoms with Gasteiger partial charge in [-0.15, -0.1) is 0 Å². The van der Waals surface area contributed by atoms with Crippen LogP contribution in [0.2, 0.25) is 5.02 Å². The molecule has 0 saturated heterocycles. The number of amides is 2. The van der Waals surface area contributed by atoms with Crippen LogP contribution in [0.1, 0.15) is 5.56 Å². The van der Waals surface area contributed by atoms with Gasteiger partial charge in [-0.05, 0) is 29.8 Å². The normalized spacial score (nSPS) is 14.2. The molecule has 5 heteroatoms. The van der Waals surface area contributed by atoms with Crippen molar-refractivity contribution < 1.29 is 9.59 Å². The highest BCUT2D eigenvalue weighted by atomic mass is 35.5. The summed E-state index contributed by atoms with van der Waals surface area (Å²) < 4.78 is 0. The van der Waals surface area contributed by atoms with Crippen LogP contribution in [0.4, 0.5) is 5.69 Å². The molecule has 110 valence electrons. The third-order valence-corrected chi connectivity index (χ3v) is 3.57. The number of hydrogen-bond acceptors (Lipinski definition) is 3. The second-order valence-electron chi connectivity index (χ2n) is 4.91. The minimum atomic E-state index is -0.330. The number of anilines is 1. The quantitative estimate of drug-likeness (QED) is 0.882. The van der Waals surface area contributed by atoms with Gasteiger partial charge in [-0.25, -0.2) is 0 Å². The number of benzene rings is 2. The molecule has 2 amide bonds. The van der Waals surface area contributed by atoms with E-state index >= 15 is 0 Å². The van der Waals surface area contributed by atoms with Crippen molar-refractivity contribution in [3.05, 3.63) is 77.0 Å². The lowest BCUT2D eigenvalue weighted by Crippen LogP contribution is -2.31. The Morgan fingerprint density at radius 1 is 0.955 bits per heavy atom. The molecule has 0 aromatic heterocycles. The van der Waals surface area contributed by atoms with Crippen molar-refractivity contribution in [2.45, 2.75) is 6.54 Å². The van der Waals surface area contributed by atoms with E-state index in [1.807, 2.05) is 30.3 Å². The van der Waals surface area contributed by atoms with Crippen LogP contribution in [-0.2, 0) is 16.1 Å². The average molecular weight is 313 g/mol. The van der Waals surface area contributed by atoms with Crippen LogP contribution in [0.25, 0.3) is 0 Å². The predicted octanol–water partition coefficient (Wildman–Crippen LogP) is 3.20. The first-order chi connectivity index (χ1) is 10.6. The zero-order valence-corrected chi connectivity index (χ0v) is 12.4. The number of carbonyl (C=O) groups is 2. The molecule has 22 heavy (non-hydrogen) atoms. The molecule has 1 aliphatic heterocycles. The maximum absolute atomic E-state index is 12.3. The van der Waals surface area contributed by atoms with Crippen LogP contribution in [0.15, 0.2) is 66.4 Å². The van der Waals surface area contributed by atoms with Crippen LogP contribution < -0.4 is 5.32 Å². The zero-order chi connectivity index (χ0) is 15.5. The standard InChI is InChI=1S/C17H13ClN2O2/c18-13-6-8-14(9-7-13)19-15-10-16(21)20(17(15)22)11-12-4-2-1-3-5-12/h1-10,19H,11H2. The molecule has 1 heterocycles. The fourth-order valence-electron chi connectivity index (χ4n) is 2.20. The van der Waals surface area contributed by atoms with E-state index in [9.17, 15) is 9.59 Å². The molecule has 0 bridgehead atoms. The van der Waals surface area contributed by atoms with E-state index in [0.717, 1.165) is 5.56 Å². The molecule has 4 nitrogen and oxygen atoms in total. The van der Waals surface area contributed by atoms with Crippen LogP contribution in [0.5, 0.6) is 0 Å². The van der Waals surface area contributed by atoms with Crippen LogP contribution in [-0.4, -0.2) is 16.7 Å². The van der Waals surface area contributed by atoms with Gasteiger partial charge in [-0.1, -0.05) is 41.9 Å². The van der Waals surface area contributed by atoms with E-state index in [1.165, 1.54) is 11.0 Å². The van der Waals surface area contributed by atoms with Crippen molar-refractivity contribution in [1.82, 2.24) is 4.90 Å². The van der Waals surface area contributed by atoms with Gasteiger partial charge >= 0.3 is 0 Å². The molecular weight excluding hydrogens is 300 g/mol. The summed E-state index contributed by atoms with van der Waals surface area (Å²) in [6.45, 7) is 0.265. The number of nitrogens with zero attached hydrogens (tertiary/aromatic N) is 1. The summed E-state index contributed by atoms with van der Waals surface area (Å²) in [4.78, 5) is 25.6. The van der Waals surface area contributed by atoms with E-state index in [2.05, 4.69) is 5.32 Å². The number of imide groups is 1. The van der Waals surface area contributed by atoms with Crippen LogP contribution >= 0.6 is 11.6 Å². The highest BCUT2D eigenvalue weighted by Crippen LogP contribution is 2.20. The van der Waals surface area contributed by atoms with Crippen molar-refractivity contribution in [2.75, 3.05) is 5.32 Å². The highest BCUT2D eigenvalue weighted by Gasteiger charge is 2.31. The Hall–Kier alpha value is -2.59.